The Balaban J connectivity index is 1.63. The lowest BCUT2D eigenvalue weighted by Crippen LogP contribution is -2.52. The summed E-state index contributed by atoms with van der Waals surface area (Å²) in [6, 6.07) is 0.634. The fourth-order valence-corrected chi connectivity index (χ4v) is 3.36. The average Bonchev–Trinajstić information content (AvgIpc) is 3.01. The molecule has 0 bridgehead atoms. The van der Waals surface area contributed by atoms with E-state index in [2.05, 4.69) is 39.3 Å². The van der Waals surface area contributed by atoms with Crippen LogP contribution in [0.15, 0.2) is 11.6 Å². The molecule has 0 amide bonds. The van der Waals surface area contributed by atoms with Crippen molar-refractivity contribution in [3.63, 3.8) is 0 Å². The summed E-state index contributed by atoms with van der Waals surface area (Å²) in [6.07, 6.45) is 5.85. The van der Waals surface area contributed by atoms with Gasteiger partial charge in [0.05, 0.1) is 0 Å². The molecule has 0 aliphatic carbocycles. The van der Waals surface area contributed by atoms with Crippen LogP contribution in [0.25, 0.3) is 0 Å². The van der Waals surface area contributed by atoms with Crippen molar-refractivity contribution in [1.29, 1.82) is 0 Å². The molecule has 5 heteroatoms. The number of unbranched alkanes of at least 4 members (excludes halogenated alkanes) is 2. The van der Waals surface area contributed by atoms with E-state index in [0.29, 0.717) is 6.04 Å². The molecular formula is C15H28N4S. The molecule has 1 unspecified atom stereocenters. The first-order valence-electron chi connectivity index (χ1n) is 7.90. The largest absolute Gasteiger partial charge is 0.346 e. The number of nitrogens with zero attached hydrogens (tertiary/aromatic N) is 3. The van der Waals surface area contributed by atoms with Gasteiger partial charge in [0.15, 0.2) is 5.13 Å². The van der Waals surface area contributed by atoms with Crippen LogP contribution in [0.5, 0.6) is 0 Å². The second-order valence-electron chi connectivity index (χ2n) is 5.60. The van der Waals surface area contributed by atoms with Gasteiger partial charge in [-0.3, -0.25) is 4.90 Å². The molecule has 1 aromatic heterocycles. The van der Waals surface area contributed by atoms with Crippen molar-refractivity contribution in [3.05, 3.63) is 11.6 Å². The minimum Gasteiger partial charge on any atom is -0.346 e. The van der Waals surface area contributed by atoms with Crippen LogP contribution < -0.4 is 10.2 Å². The zero-order valence-electron chi connectivity index (χ0n) is 12.8. The van der Waals surface area contributed by atoms with E-state index in [1.54, 1.807) is 11.3 Å². The van der Waals surface area contributed by atoms with Crippen molar-refractivity contribution < 1.29 is 0 Å². The summed E-state index contributed by atoms with van der Waals surface area (Å²) in [5.74, 6) is 0. The van der Waals surface area contributed by atoms with Crippen molar-refractivity contribution in [3.8, 4) is 0 Å². The van der Waals surface area contributed by atoms with Gasteiger partial charge >= 0.3 is 0 Å². The number of aromatic nitrogens is 1. The summed E-state index contributed by atoms with van der Waals surface area (Å²) >= 11 is 1.74. The summed E-state index contributed by atoms with van der Waals surface area (Å²) in [6.45, 7) is 11.4. The van der Waals surface area contributed by atoms with Gasteiger partial charge in [-0.05, 0) is 19.9 Å². The van der Waals surface area contributed by atoms with Crippen LogP contribution in [0.4, 0.5) is 5.13 Å². The molecular weight excluding hydrogens is 268 g/mol. The number of piperazine rings is 1. The van der Waals surface area contributed by atoms with Crippen molar-refractivity contribution in [2.45, 2.75) is 39.2 Å². The third-order valence-electron chi connectivity index (χ3n) is 4.02. The van der Waals surface area contributed by atoms with E-state index in [1.165, 1.54) is 24.4 Å². The number of hydrogen-bond donors (Lipinski definition) is 1. The zero-order valence-corrected chi connectivity index (χ0v) is 13.7. The summed E-state index contributed by atoms with van der Waals surface area (Å²) in [5.41, 5.74) is 0. The normalized spacial score (nSPS) is 18.4. The Kier molecular flexibility index (Phi) is 6.76. The lowest BCUT2D eigenvalue weighted by Gasteiger charge is -2.38. The molecule has 0 aromatic carbocycles. The summed E-state index contributed by atoms with van der Waals surface area (Å²) in [4.78, 5) is 9.40. The van der Waals surface area contributed by atoms with E-state index < -0.39 is 0 Å². The average molecular weight is 296 g/mol. The molecule has 1 aliphatic heterocycles. The highest BCUT2D eigenvalue weighted by Crippen LogP contribution is 2.19. The highest BCUT2D eigenvalue weighted by molar-refractivity contribution is 7.13. The van der Waals surface area contributed by atoms with Crippen molar-refractivity contribution in [2.75, 3.05) is 44.2 Å². The lowest BCUT2D eigenvalue weighted by molar-refractivity contribution is 0.193. The Bertz CT molecular complexity index is 347. The first kappa shape index (κ1) is 15.7. The molecule has 0 spiro atoms. The summed E-state index contributed by atoms with van der Waals surface area (Å²) in [7, 11) is 0. The van der Waals surface area contributed by atoms with E-state index in [9.17, 15) is 0 Å². The molecule has 1 N–H and O–H groups in total. The van der Waals surface area contributed by atoms with Crippen molar-refractivity contribution >= 4 is 16.5 Å². The van der Waals surface area contributed by atoms with E-state index >= 15 is 0 Å². The van der Waals surface area contributed by atoms with Gasteiger partial charge in [-0.1, -0.05) is 19.8 Å². The maximum absolute atomic E-state index is 4.40. The molecule has 1 saturated heterocycles. The maximum atomic E-state index is 4.40. The second kappa shape index (κ2) is 8.60. The lowest BCUT2D eigenvalue weighted by atomic mass is 10.2. The van der Waals surface area contributed by atoms with E-state index in [-0.39, 0.29) is 0 Å². The first-order chi connectivity index (χ1) is 9.81. The van der Waals surface area contributed by atoms with Gasteiger partial charge in [-0.15, -0.1) is 11.3 Å². The van der Waals surface area contributed by atoms with Crippen LogP contribution in [-0.4, -0.2) is 55.2 Å². The fraction of sp³-hybridized carbons (Fsp3) is 0.800. The van der Waals surface area contributed by atoms with Crippen molar-refractivity contribution in [1.82, 2.24) is 15.2 Å². The molecule has 1 aliphatic rings. The van der Waals surface area contributed by atoms with Crippen LogP contribution >= 0.6 is 11.3 Å². The van der Waals surface area contributed by atoms with E-state index in [1.807, 2.05) is 6.20 Å². The molecule has 0 radical (unpaired) electrons. The molecule has 2 rings (SSSR count). The van der Waals surface area contributed by atoms with Gasteiger partial charge in [-0.25, -0.2) is 4.98 Å². The number of thiazole rings is 1. The number of hydrogen-bond acceptors (Lipinski definition) is 5. The van der Waals surface area contributed by atoms with Gasteiger partial charge in [0.2, 0.25) is 0 Å². The van der Waals surface area contributed by atoms with Crippen LogP contribution in [0.2, 0.25) is 0 Å². The molecule has 1 atom stereocenters. The molecule has 1 fully saturated rings. The fourth-order valence-electron chi connectivity index (χ4n) is 2.67. The van der Waals surface area contributed by atoms with Crippen LogP contribution in [-0.2, 0) is 0 Å². The van der Waals surface area contributed by atoms with Crippen LogP contribution in [0.1, 0.15) is 33.1 Å². The highest BCUT2D eigenvalue weighted by Gasteiger charge is 2.21. The summed E-state index contributed by atoms with van der Waals surface area (Å²) < 4.78 is 0. The predicted molar refractivity (Wildman–Crippen MR) is 87.8 cm³/mol. The third kappa shape index (κ3) is 4.72. The molecule has 2 heterocycles. The topological polar surface area (TPSA) is 31.4 Å². The Labute approximate surface area is 127 Å². The van der Waals surface area contributed by atoms with Gasteiger partial charge in [0.1, 0.15) is 0 Å². The molecule has 1 aromatic rings. The maximum Gasteiger partial charge on any atom is 0.185 e. The quantitative estimate of drug-likeness (QED) is 0.747. The predicted octanol–water partition coefficient (Wildman–Crippen LogP) is 2.43. The highest BCUT2D eigenvalue weighted by atomic mass is 32.1. The zero-order chi connectivity index (χ0) is 14.2. The molecule has 20 heavy (non-hydrogen) atoms. The Morgan fingerprint density at radius 2 is 2.10 bits per heavy atom. The molecule has 0 saturated carbocycles. The minimum atomic E-state index is 0.634. The molecule has 4 nitrogen and oxygen atoms in total. The first-order valence-corrected chi connectivity index (χ1v) is 8.78. The van der Waals surface area contributed by atoms with Gasteiger partial charge in [0.25, 0.3) is 0 Å². The Morgan fingerprint density at radius 3 is 2.75 bits per heavy atom. The minimum absolute atomic E-state index is 0.634. The van der Waals surface area contributed by atoms with E-state index in [0.717, 1.165) is 39.3 Å². The number of anilines is 1. The third-order valence-corrected chi connectivity index (χ3v) is 4.86. The SMILES string of the molecule is CCCCCNCC(C)N1CCN(c2nccs2)CC1. The van der Waals surface area contributed by atoms with Crippen LogP contribution in [0.3, 0.4) is 0 Å². The second-order valence-corrected chi connectivity index (χ2v) is 6.47. The monoisotopic (exact) mass is 296 g/mol. The van der Waals surface area contributed by atoms with Gasteiger partial charge < -0.3 is 10.2 Å². The van der Waals surface area contributed by atoms with Crippen molar-refractivity contribution in [2.24, 2.45) is 0 Å². The number of rotatable bonds is 8. The summed E-state index contributed by atoms with van der Waals surface area (Å²) in [5, 5.41) is 6.83. The van der Waals surface area contributed by atoms with Gasteiger partial charge in [-0.2, -0.15) is 0 Å². The molecule has 114 valence electrons. The van der Waals surface area contributed by atoms with Gasteiger partial charge in [0, 0.05) is 50.3 Å². The Morgan fingerprint density at radius 1 is 1.30 bits per heavy atom. The Hall–Kier alpha value is -0.650. The smallest absolute Gasteiger partial charge is 0.185 e. The van der Waals surface area contributed by atoms with Crippen LogP contribution in [0, 0.1) is 0 Å². The standard InChI is InChI=1S/C15H28N4S/c1-3-4-5-6-16-13-14(2)18-8-10-19(11-9-18)15-17-7-12-20-15/h7,12,14,16H,3-6,8-11,13H2,1-2H3. The number of nitrogens with one attached hydrogen (secondary N) is 1. The van der Waals surface area contributed by atoms with E-state index in [4.69, 9.17) is 0 Å².